The third-order valence-electron chi connectivity index (χ3n) is 5.93. The molecule has 7 heteroatoms. The third kappa shape index (κ3) is 3.03. The second kappa shape index (κ2) is 7.33. The van der Waals surface area contributed by atoms with E-state index >= 15 is 0 Å². The molecule has 0 radical (unpaired) electrons. The van der Waals surface area contributed by atoms with E-state index < -0.39 is 5.97 Å². The number of imidazole rings is 1. The SMILES string of the molecule is Cc1nccn1CC1CCc2c(c3ccccc3n2C)C1=NOC(=O)c1ccoc1. The maximum absolute atomic E-state index is 12.4. The lowest BCUT2D eigenvalue weighted by molar-refractivity contribution is 0.0512. The van der Waals surface area contributed by atoms with Crippen molar-refractivity contribution in [3.05, 3.63) is 77.9 Å². The van der Waals surface area contributed by atoms with E-state index in [1.165, 1.54) is 18.2 Å². The molecule has 4 aromatic rings. The monoisotopic (exact) mass is 402 g/mol. The zero-order valence-electron chi connectivity index (χ0n) is 16.9. The van der Waals surface area contributed by atoms with Gasteiger partial charge in [-0.15, -0.1) is 0 Å². The van der Waals surface area contributed by atoms with Crippen molar-refractivity contribution in [1.82, 2.24) is 14.1 Å². The van der Waals surface area contributed by atoms with Crippen LogP contribution in [0.5, 0.6) is 0 Å². The Hall–Kier alpha value is -3.61. The lowest BCUT2D eigenvalue weighted by Gasteiger charge is -2.25. The van der Waals surface area contributed by atoms with Gasteiger partial charge in [-0.1, -0.05) is 23.4 Å². The number of benzene rings is 1. The third-order valence-corrected chi connectivity index (χ3v) is 5.93. The van der Waals surface area contributed by atoms with Crippen molar-refractivity contribution in [2.24, 2.45) is 18.1 Å². The Balaban J connectivity index is 1.59. The zero-order chi connectivity index (χ0) is 20.7. The number of carbonyl (C=O) groups excluding carboxylic acids is 1. The van der Waals surface area contributed by atoms with Crippen LogP contribution in [0.25, 0.3) is 10.9 Å². The van der Waals surface area contributed by atoms with Crippen LogP contribution < -0.4 is 0 Å². The first kappa shape index (κ1) is 18.4. The minimum atomic E-state index is -0.527. The van der Waals surface area contributed by atoms with E-state index in [4.69, 9.17) is 9.25 Å². The average Bonchev–Trinajstić information content (AvgIpc) is 3.49. The molecule has 0 fully saturated rings. The number of carbonyl (C=O) groups is 1. The van der Waals surface area contributed by atoms with E-state index in [0.717, 1.165) is 47.4 Å². The standard InChI is InChI=1S/C23H22N4O3/c1-15-24-10-11-27(15)13-16-7-8-20-21(18-5-3-4-6-19(18)26(20)2)22(16)25-30-23(28)17-9-12-29-14-17/h3-6,9-12,14,16H,7-8,13H2,1-2H3. The summed E-state index contributed by atoms with van der Waals surface area (Å²) in [5.74, 6) is 0.531. The van der Waals surface area contributed by atoms with Crippen LogP contribution in [0.4, 0.5) is 0 Å². The number of oxime groups is 1. The fourth-order valence-electron chi connectivity index (χ4n) is 4.33. The predicted octanol–water partition coefficient (Wildman–Crippen LogP) is 4.10. The summed E-state index contributed by atoms with van der Waals surface area (Å²) < 4.78 is 9.32. The molecular formula is C23H22N4O3. The Morgan fingerprint density at radius 2 is 2.20 bits per heavy atom. The van der Waals surface area contributed by atoms with Crippen molar-refractivity contribution in [3.63, 3.8) is 0 Å². The van der Waals surface area contributed by atoms with E-state index in [-0.39, 0.29) is 5.92 Å². The van der Waals surface area contributed by atoms with Gasteiger partial charge in [0.15, 0.2) is 0 Å². The maximum atomic E-state index is 12.4. The Morgan fingerprint density at radius 1 is 1.33 bits per heavy atom. The van der Waals surface area contributed by atoms with Gasteiger partial charge in [-0.2, -0.15) is 0 Å². The molecule has 0 N–H and O–H groups in total. The van der Waals surface area contributed by atoms with Crippen molar-refractivity contribution in [2.75, 3.05) is 0 Å². The van der Waals surface area contributed by atoms with Crippen LogP contribution in [0.3, 0.4) is 0 Å². The molecule has 1 aliphatic carbocycles. The first-order valence-electron chi connectivity index (χ1n) is 9.99. The topological polar surface area (TPSA) is 74.6 Å². The Morgan fingerprint density at radius 3 is 2.97 bits per heavy atom. The molecular weight excluding hydrogens is 380 g/mol. The summed E-state index contributed by atoms with van der Waals surface area (Å²) in [5.41, 5.74) is 4.58. The summed E-state index contributed by atoms with van der Waals surface area (Å²) in [6.45, 7) is 2.72. The predicted molar refractivity (Wildman–Crippen MR) is 112 cm³/mol. The highest BCUT2D eigenvalue weighted by Crippen LogP contribution is 2.35. The highest BCUT2D eigenvalue weighted by Gasteiger charge is 2.32. The van der Waals surface area contributed by atoms with Crippen LogP contribution in [0.15, 0.2) is 64.8 Å². The quantitative estimate of drug-likeness (QED) is 0.380. The van der Waals surface area contributed by atoms with Gasteiger partial charge in [0.1, 0.15) is 17.7 Å². The van der Waals surface area contributed by atoms with Crippen molar-refractivity contribution < 1.29 is 14.0 Å². The number of rotatable bonds is 4. The molecule has 0 saturated carbocycles. The second-order valence-corrected chi connectivity index (χ2v) is 7.63. The van der Waals surface area contributed by atoms with Gasteiger partial charge in [0, 0.05) is 54.1 Å². The van der Waals surface area contributed by atoms with Crippen LogP contribution in [0, 0.1) is 12.8 Å². The minimum Gasteiger partial charge on any atom is -0.472 e. The van der Waals surface area contributed by atoms with E-state index in [9.17, 15) is 4.79 Å². The molecule has 3 heterocycles. The van der Waals surface area contributed by atoms with E-state index in [0.29, 0.717) is 5.56 Å². The van der Waals surface area contributed by atoms with Gasteiger partial charge in [0.25, 0.3) is 0 Å². The molecule has 3 aromatic heterocycles. The summed E-state index contributed by atoms with van der Waals surface area (Å²) in [7, 11) is 2.08. The number of hydrogen-bond acceptors (Lipinski definition) is 5. The first-order valence-corrected chi connectivity index (χ1v) is 9.99. The molecule has 0 bridgehead atoms. The average molecular weight is 402 g/mol. The maximum Gasteiger partial charge on any atom is 0.368 e. The van der Waals surface area contributed by atoms with E-state index in [1.807, 2.05) is 25.3 Å². The van der Waals surface area contributed by atoms with Crippen LogP contribution >= 0.6 is 0 Å². The summed E-state index contributed by atoms with van der Waals surface area (Å²) in [6.07, 6.45) is 8.43. The lowest BCUT2D eigenvalue weighted by atomic mass is 9.84. The number of aryl methyl sites for hydroxylation is 2. The molecule has 7 nitrogen and oxygen atoms in total. The molecule has 1 aromatic carbocycles. The van der Waals surface area contributed by atoms with Crippen LogP contribution in [-0.4, -0.2) is 25.8 Å². The van der Waals surface area contributed by atoms with Crippen molar-refractivity contribution in [3.8, 4) is 0 Å². The Bertz CT molecular complexity index is 1250. The minimum absolute atomic E-state index is 0.105. The fourth-order valence-corrected chi connectivity index (χ4v) is 4.33. The first-order chi connectivity index (χ1) is 14.6. The molecule has 1 atom stereocenters. The summed E-state index contributed by atoms with van der Waals surface area (Å²) >= 11 is 0. The highest BCUT2D eigenvalue weighted by atomic mass is 16.7. The number of aromatic nitrogens is 3. The summed E-state index contributed by atoms with van der Waals surface area (Å²) in [5, 5.41) is 5.54. The highest BCUT2D eigenvalue weighted by molar-refractivity contribution is 6.14. The number of hydrogen-bond donors (Lipinski definition) is 0. The van der Waals surface area contributed by atoms with Crippen molar-refractivity contribution >= 4 is 22.6 Å². The molecule has 30 heavy (non-hydrogen) atoms. The van der Waals surface area contributed by atoms with Gasteiger partial charge in [-0.05, 0) is 31.9 Å². The normalized spacial score (nSPS) is 17.4. The smallest absolute Gasteiger partial charge is 0.368 e. The van der Waals surface area contributed by atoms with Gasteiger partial charge >= 0.3 is 5.97 Å². The second-order valence-electron chi connectivity index (χ2n) is 7.63. The molecule has 1 aliphatic rings. The summed E-state index contributed by atoms with van der Waals surface area (Å²) in [4.78, 5) is 22.1. The van der Waals surface area contributed by atoms with Crippen molar-refractivity contribution in [1.29, 1.82) is 0 Å². The lowest BCUT2D eigenvalue weighted by Crippen LogP contribution is -2.28. The Labute approximate surface area is 173 Å². The molecule has 152 valence electrons. The number of nitrogens with zero attached hydrogens (tertiary/aromatic N) is 4. The number of furan rings is 1. The molecule has 0 aliphatic heterocycles. The molecule has 0 saturated heterocycles. The van der Waals surface area contributed by atoms with Crippen LogP contribution in [0.2, 0.25) is 0 Å². The molecule has 1 unspecified atom stereocenters. The molecule has 0 spiro atoms. The van der Waals surface area contributed by atoms with Crippen LogP contribution in [0.1, 0.15) is 33.9 Å². The zero-order valence-corrected chi connectivity index (χ0v) is 16.9. The van der Waals surface area contributed by atoms with Gasteiger partial charge < -0.3 is 18.4 Å². The van der Waals surface area contributed by atoms with Gasteiger partial charge in [-0.3, -0.25) is 0 Å². The van der Waals surface area contributed by atoms with Gasteiger partial charge in [-0.25, -0.2) is 9.78 Å². The molecule has 5 rings (SSSR count). The summed E-state index contributed by atoms with van der Waals surface area (Å²) in [6, 6.07) is 9.85. The largest absolute Gasteiger partial charge is 0.472 e. The number of fused-ring (bicyclic) bond motifs is 3. The molecule has 0 amide bonds. The van der Waals surface area contributed by atoms with E-state index in [1.54, 1.807) is 12.3 Å². The van der Waals surface area contributed by atoms with Crippen molar-refractivity contribution in [2.45, 2.75) is 26.3 Å². The van der Waals surface area contributed by atoms with Gasteiger partial charge in [0.2, 0.25) is 0 Å². The van der Waals surface area contributed by atoms with Crippen LogP contribution in [-0.2, 0) is 24.9 Å². The fraction of sp³-hybridized carbons (Fsp3) is 0.261. The van der Waals surface area contributed by atoms with Gasteiger partial charge in [0.05, 0.1) is 12.0 Å². The van der Waals surface area contributed by atoms with E-state index in [2.05, 4.69) is 38.5 Å². The Kier molecular flexibility index (Phi) is 4.50. The number of para-hydroxylation sites is 1.